The molecule has 0 aliphatic heterocycles. The van der Waals surface area contributed by atoms with Crippen LogP contribution in [-0.2, 0) is 11.4 Å². The number of aromatic nitrogens is 1. The predicted octanol–water partition coefficient (Wildman–Crippen LogP) is 2.98. The van der Waals surface area contributed by atoms with E-state index < -0.39 is 11.4 Å². The summed E-state index contributed by atoms with van der Waals surface area (Å²) in [5.41, 5.74) is 0.876. The van der Waals surface area contributed by atoms with Crippen molar-refractivity contribution in [1.29, 1.82) is 0 Å². The van der Waals surface area contributed by atoms with Crippen LogP contribution in [0, 0.1) is 5.92 Å². The summed E-state index contributed by atoms with van der Waals surface area (Å²) < 4.78 is 20.5. The van der Waals surface area contributed by atoms with Crippen LogP contribution >= 0.6 is 0 Å². The van der Waals surface area contributed by atoms with Gasteiger partial charge in [-0.2, -0.15) is 0 Å². The number of nitrogens with one attached hydrogen (secondary N) is 1. The molecule has 0 bridgehead atoms. The number of hydrogen-bond donors (Lipinski definition) is 1. The van der Waals surface area contributed by atoms with Gasteiger partial charge < -0.3 is 9.29 Å². The van der Waals surface area contributed by atoms with Gasteiger partial charge in [0.2, 0.25) is 0 Å². The Kier molecular flexibility index (Phi) is 4.94. The van der Waals surface area contributed by atoms with Crippen LogP contribution < -0.4 is 9.46 Å². The van der Waals surface area contributed by atoms with Gasteiger partial charge in [-0.25, -0.2) is 0 Å². The van der Waals surface area contributed by atoms with Crippen molar-refractivity contribution in [2.45, 2.75) is 51.3 Å². The van der Waals surface area contributed by atoms with E-state index >= 15 is 0 Å². The van der Waals surface area contributed by atoms with Gasteiger partial charge >= 0.3 is 0 Å². The van der Waals surface area contributed by atoms with Crippen LogP contribution in [0.2, 0.25) is 0 Å². The first-order chi connectivity index (χ1) is 9.36. The lowest BCUT2D eigenvalue weighted by Crippen LogP contribution is -2.40. The molecular weight excluding hydrogens is 272 g/mol. The maximum Gasteiger partial charge on any atom is 0.137 e. The fraction of sp³-hybridized carbons (Fsp3) is 0.667. The summed E-state index contributed by atoms with van der Waals surface area (Å²) in [6, 6.07) is 3.82. The molecule has 1 saturated carbocycles. The topological polar surface area (TPSA) is 57.2 Å². The highest BCUT2D eigenvalue weighted by molar-refractivity contribution is 7.90. The van der Waals surface area contributed by atoms with Crippen LogP contribution in [0.4, 0.5) is 0 Å². The maximum absolute atomic E-state index is 12.0. The second-order valence-corrected chi connectivity index (χ2v) is 8.39. The van der Waals surface area contributed by atoms with Gasteiger partial charge in [-0.05, 0) is 58.6 Å². The molecule has 1 N–H and O–H groups in total. The summed E-state index contributed by atoms with van der Waals surface area (Å²) in [4.78, 5) is 4.39. The van der Waals surface area contributed by atoms with Crippen molar-refractivity contribution in [1.82, 2.24) is 9.71 Å². The van der Waals surface area contributed by atoms with Gasteiger partial charge in [0.25, 0.3) is 0 Å². The Hall–Kier alpha value is -0.780. The summed E-state index contributed by atoms with van der Waals surface area (Å²) in [6.45, 7) is 8.61. The fourth-order valence-electron chi connectivity index (χ4n) is 1.63. The van der Waals surface area contributed by atoms with E-state index in [4.69, 9.17) is 4.74 Å². The van der Waals surface area contributed by atoms with Crippen LogP contribution in [0.25, 0.3) is 0 Å². The number of nitrogens with zero attached hydrogens (tertiary/aromatic N) is 1. The third kappa shape index (κ3) is 4.65. The van der Waals surface area contributed by atoms with Crippen LogP contribution in [0.3, 0.4) is 0 Å². The van der Waals surface area contributed by atoms with Crippen molar-refractivity contribution in [3.63, 3.8) is 0 Å². The van der Waals surface area contributed by atoms with Gasteiger partial charge in [0.15, 0.2) is 0 Å². The number of rotatable bonds is 6. The largest absolute Gasteiger partial charge is 0.598 e. The second kappa shape index (κ2) is 6.33. The molecule has 5 heteroatoms. The third-order valence-corrected chi connectivity index (χ3v) is 4.91. The molecule has 1 fully saturated rings. The van der Waals surface area contributed by atoms with Crippen molar-refractivity contribution < 1.29 is 9.29 Å². The average Bonchev–Trinajstić information content (AvgIpc) is 3.19. The van der Waals surface area contributed by atoms with Gasteiger partial charge in [-0.3, -0.25) is 4.98 Å². The van der Waals surface area contributed by atoms with Crippen molar-refractivity contribution >= 4 is 11.4 Å². The Morgan fingerprint density at radius 1 is 1.45 bits per heavy atom. The quantitative estimate of drug-likeness (QED) is 0.820. The number of pyridine rings is 1. The molecule has 0 amide bonds. The smallest absolute Gasteiger partial charge is 0.137 e. The van der Waals surface area contributed by atoms with Gasteiger partial charge in [0, 0.05) is 11.4 Å². The lowest BCUT2D eigenvalue weighted by molar-refractivity contribution is 0.298. The molecule has 0 spiro atoms. The van der Waals surface area contributed by atoms with Crippen molar-refractivity contribution in [3.05, 3.63) is 24.0 Å². The first-order valence-electron chi connectivity index (χ1n) is 7.13. The highest BCUT2D eigenvalue weighted by Crippen LogP contribution is 2.29. The first-order valence-corrected chi connectivity index (χ1v) is 8.28. The first kappa shape index (κ1) is 15.6. The molecule has 1 aromatic heterocycles. The summed E-state index contributed by atoms with van der Waals surface area (Å²) in [5, 5.41) is 0. The average molecular weight is 296 g/mol. The van der Waals surface area contributed by atoms with Gasteiger partial charge in [-0.15, -0.1) is 4.72 Å². The minimum absolute atomic E-state index is 0.0486. The van der Waals surface area contributed by atoms with E-state index in [0.29, 0.717) is 0 Å². The summed E-state index contributed by atoms with van der Waals surface area (Å²) in [5.74, 6) is 1.55. The molecular formula is C15H24N2O2S. The molecule has 20 heavy (non-hydrogen) atoms. The summed E-state index contributed by atoms with van der Waals surface area (Å²) in [7, 11) is 0. The molecule has 1 aliphatic rings. The van der Waals surface area contributed by atoms with E-state index in [1.807, 2.05) is 39.8 Å². The summed E-state index contributed by atoms with van der Waals surface area (Å²) in [6.07, 6.45) is 4.31. The zero-order chi connectivity index (χ0) is 14.8. The van der Waals surface area contributed by atoms with Crippen molar-refractivity contribution in [3.8, 4) is 5.75 Å². The predicted molar refractivity (Wildman–Crippen MR) is 81.9 cm³/mol. The molecule has 112 valence electrons. The van der Waals surface area contributed by atoms with Crippen molar-refractivity contribution in [2.75, 3.05) is 6.61 Å². The Bertz CT molecular complexity index is 426. The molecule has 1 heterocycles. The monoisotopic (exact) mass is 296 g/mol. The van der Waals surface area contributed by atoms with Crippen LogP contribution in [0.1, 0.15) is 52.3 Å². The Balaban J connectivity index is 1.87. The lowest BCUT2D eigenvalue weighted by atomic mass is 10.2. The van der Waals surface area contributed by atoms with E-state index in [9.17, 15) is 4.55 Å². The van der Waals surface area contributed by atoms with E-state index in [1.165, 1.54) is 12.8 Å². The minimum Gasteiger partial charge on any atom is -0.598 e. The van der Waals surface area contributed by atoms with Gasteiger partial charge in [0.1, 0.15) is 10.5 Å². The highest BCUT2D eigenvalue weighted by atomic mass is 32.2. The van der Waals surface area contributed by atoms with Gasteiger partial charge in [-0.1, -0.05) is 0 Å². The number of hydrogen-bond acceptors (Lipinski definition) is 4. The maximum atomic E-state index is 12.0. The SMILES string of the molecule is C[C@@H](N[S+]([O-])C(C)(C)C)c1ccc(OCC2CC2)cn1. The lowest BCUT2D eigenvalue weighted by Gasteiger charge is -2.26. The molecule has 1 aromatic rings. The number of ether oxygens (including phenoxy) is 1. The molecule has 0 radical (unpaired) electrons. The zero-order valence-electron chi connectivity index (χ0n) is 12.7. The van der Waals surface area contributed by atoms with Crippen LogP contribution in [-0.4, -0.2) is 20.9 Å². The van der Waals surface area contributed by atoms with E-state index in [2.05, 4.69) is 9.71 Å². The Morgan fingerprint density at radius 2 is 2.15 bits per heavy atom. The standard InChI is InChI=1S/C15H24N2O2S/c1-11(17-20(18)15(2,3)4)14-8-7-13(9-16-14)19-10-12-5-6-12/h7-9,11-12,17H,5-6,10H2,1-4H3/t11-,20?/m1/s1. The van der Waals surface area contributed by atoms with Gasteiger partial charge in [0.05, 0.1) is 24.5 Å². The molecule has 1 unspecified atom stereocenters. The minimum atomic E-state index is -1.10. The molecule has 1 aliphatic carbocycles. The molecule has 2 atom stereocenters. The zero-order valence-corrected chi connectivity index (χ0v) is 13.5. The van der Waals surface area contributed by atoms with E-state index in [1.54, 1.807) is 6.20 Å². The van der Waals surface area contributed by atoms with Crippen LogP contribution in [0.5, 0.6) is 5.75 Å². The second-order valence-electron chi connectivity index (χ2n) is 6.39. The fourth-order valence-corrected chi connectivity index (χ4v) is 2.42. The summed E-state index contributed by atoms with van der Waals surface area (Å²) >= 11 is -1.10. The van der Waals surface area contributed by atoms with E-state index in [0.717, 1.165) is 24.0 Å². The molecule has 2 rings (SSSR count). The highest BCUT2D eigenvalue weighted by Gasteiger charge is 2.28. The Morgan fingerprint density at radius 3 is 2.65 bits per heavy atom. The Labute approximate surface area is 124 Å². The van der Waals surface area contributed by atoms with Crippen LogP contribution in [0.15, 0.2) is 18.3 Å². The molecule has 4 nitrogen and oxygen atoms in total. The van der Waals surface area contributed by atoms with E-state index in [-0.39, 0.29) is 10.8 Å². The normalized spacial score (nSPS) is 18.6. The molecule has 0 aromatic carbocycles. The molecule has 0 saturated heterocycles. The van der Waals surface area contributed by atoms with Crippen molar-refractivity contribution in [2.24, 2.45) is 5.92 Å². The third-order valence-electron chi connectivity index (χ3n) is 3.23.